The van der Waals surface area contributed by atoms with Crippen molar-refractivity contribution in [1.29, 1.82) is 0 Å². The van der Waals surface area contributed by atoms with Crippen LogP contribution in [0.25, 0.3) is 0 Å². The van der Waals surface area contributed by atoms with E-state index in [1.165, 1.54) is 12.1 Å². The lowest BCUT2D eigenvalue weighted by atomic mass is 10.1. The van der Waals surface area contributed by atoms with Crippen LogP contribution in [0.15, 0.2) is 60.7 Å². The Balaban J connectivity index is 2.20. The van der Waals surface area contributed by atoms with E-state index in [0.717, 1.165) is 22.5 Å². The summed E-state index contributed by atoms with van der Waals surface area (Å²) in [6.07, 6.45) is 0. The van der Waals surface area contributed by atoms with Crippen molar-refractivity contribution in [3.05, 3.63) is 89.0 Å². The second kappa shape index (κ2) is 6.44. The Kier molecular flexibility index (Phi) is 4.34. The molecule has 0 amide bonds. The minimum absolute atomic E-state index is 0.200. The summed E-state index contributed by atoms with van der Waals surface area (Å²) in [6, 6.07) is 18.0. The third kappa shape index (κ3) is 3.16. The fourth-order valence-corrected chi connectivity index (χ4v) is 2.62. The summed E-state index contributed by atoms with van der Waals surface area (Å²) in [4.78, 5) is 1.73. The van der Waals surface area contributed by atoms with E-state index in [4.69, 9.17) is 0 Å². The molecule has 0 unspecified atom stereocenters. The van der Waals surface area contributed by atoms with Crippen molar-refractivity contribution in [1.82, 2.24) is 0 Å². The SMILES string of the molecule is Cc1ccc(N(c2ccc(C)cc2)c2cc(F)c(C)cc2F)cc1. The van der Waals surface area contributed by atoms with Crippen molar-refractivity contribution < 1.29 is 8.78 Å². The van der Waals surface area contributed by atoms with Crippen molar-refractivity contribution in [2.24, 2.45) is 0 Å². The summed E-state index contributed by atoms with van der Waals surface area (Å²) in [5.41, 5.74) is 4.28. The van der Waals surface area contributed by atoms with Gasteiger partial charge in [0.2, 0.25) is 0 Å². The first-order valence-electron chi connectivity index (χ1n) is 7.85. The summed E-state index contributed by atoms with van der Waals surface area (Å²) in [5, 5.41) is 0. The van der Waals surface area contributed by atoms with Gasteiger partial charge in [-0.2, -0.15) is 0 Å². The quantitative estimate of drug-likeness (QED) is 0.542. The van der Waals surface area contributed by atoms with Crippen molar-refractivity contribution in [3.8, 4) is 0 Å². The molecule has 0 bridgehead atoms. The fraction of sp³-hybridized carbons (Fsp3) is 0.143. The molecule has 0 aliphatic carbocycles. The van der Waals surface area contributed by atoms with Crippen LogP contribution in [0.2, 0.25) is 0 Å². The highest BCUT2D eigenvalue weighted by Gasteiger charge is 2.18. The molecule has 3 rings (SSSR count). The molecule has 0 aliphatic heterocycles. The van der Waals surface area contributed by atoms with E-state index in [9.17, 15) is 8.78 Å². The molecule has 3 aromatic rings. The summed E-state index contributed by atoms with van der Waals surface area (Å²) >= 11 is 0. The zero-order valence-electron chi connectivity index (χ0n) is 14.0. The molecule has 3 aromatic carbocycles. The number of benzene rings is 3. The molecule has 0 N–H and O–H groups in total. The average molecular weight is 323 g/mol. The number of hydrogen-bond acceptors (Lipinski definition) is 1. The Morgan fingerprint density at radius 3 is 1.54 bits per heavy atom. The highest BCUT2D eigenvalue weighted by Crippen LogP contribution is 2.37. The van der Waals surface area contributed by atoms with Gasteiger partial charge in [-0.3, -0.25) is 0 Å². The van der Waals surface area contributed by atoms with Gasteiger partial charge in [0.1, 0.15) is 11.6 Å². The molecule has 0 fully saturated rings. The molecule has 0 aliphatic rings. The van der Waals surface area contributed by atoms with E-state index in [0.29, 0.717) is 5.56 Å². The predicted molar refractivity (Wildman–Crippen MR) is 95.3 cm³/mol. The Morgan fingerprint density at radius 1 is 0.625 bits per heavy atom. The summed E-state index contributed by atoms with van der Waals surface area (Å²) in [7, 11) is 0. The molecule has 24 heavy (non-hydrogen) atoms. The number of anilines is 3. The Hall–Kier alpha value is -2.68. The van der Waals surface area contributed by atoms with Crippen molar-refractivity contribution in [3.63, 3.8) is 0 Å². The molecule has 0 radical (unpaired) electrons. The average Bonchev–Trinajstić information content (AvgIpc) is 2.56. The first-order valence-corrected chi connectivity index (χ1v) is 7.85. The van der Waals surface area contributed by atoms with Crippen molar-refractivity contribution in [2.75, 3.05) is 4.90 Å². The number of nitrogens with zero attached hydrogens (tertiary/aromatic N) is 1. The van der Waals surface area contributed by atoms with Crippen LogP contribution in [-0.2, 0) is 0 Å². The zero-order valence-corrected chi connectivity index (χ0v) is 14.0. The zero-order chi connectivity index (χ0) is 17.3. The van der Waals surface area contributed by atoms with E-state index in [-0.39, 0.29) is 5.69 Å². The molecule has 3 heteroatoms. The standard InChI is InChI=1S/C21H19F2N/c1-14-4-8-17(9-5-14)24(18-10-6-15(2)7-11-18)21-13-19(22)16(3)12-20(21)23/h4-13H,1-3H3. The van der Waals surface area contributed by atoms with Crippen LogP contribution in [0, 0.1) is 32.4 Å². The molecule has 0 saturated carbocycles. The van der Waals surface area contributed by atoms with Crippen LogP contribution in [0.4, 0.5) is 25.8 Å². The lowest BCUT2D eigenvalue weighted by Gasteiger charge is -2.26. The second-order valence-corrected chi connectivity index (χ2v) is 6.06. The Morgan fingerprint density at radius 2 is 1.08 bits per heavy atom. The number of halogens is 2. The van der Waals surface area contributed by atoms with Crippen LogP contribution >= 0.6 is 0 Å². The first-order chi connectivity index (χ1) is 11.5. The van der Waals surface area contributed by atoms with Crippen LogP contribution < -0.4 is 4.90 Å². The minimum atomic E-state index is -0.449. The topological polar surface area (TPSA) is 3.24 Å². The molecule has 1 nitrogen and oxygen atoms in total. The lowest BCUT2D eigenvalue weighted by Crippen LogP contribution is -2.12. The van der Waals surface area contributed by atoms with Gasteiger partial charge in [0.15, 0.2) is 0 Å². The Bertz CT molecular complexity index is 807. The van der Waals surface area contributed by atoms with Gasteiger partial charge < -0.3 is 4.90 Å². The van der Waals surface area contributed by atoms with Gasteiger partial charge in [-0.1, -0.05) is 35.4 Å². The molecule has 0 atom stereocenters. The van der Waals surface area contributed by atoms with Gasteiger partial charge in [0, 0.05) is 17.4 Å². The lowest BCUT2D eigenvalue weighted by molar-refractivity contribution is 0.593. The Labute approximate surface area is 141 Å². The maximum absolute atomic E-state index is 14.6. The van der Waals surface area contributed by atoms with Gasteiger partial charge in [0.25, 0.3) is 0 Å². The monoisotopic (exact) mass is 323 g/mol. The fourth-order valence-electron chi connectivity index (χ4n) is 2.62. The number of hydrogen-bond donors (Lipinski definition) is 0. The maximum Gasteiger partial charge on any atom is 0.147 e. The second-order valence-electron chi connectivity index (χ2n) is 6.06. The van der Waals surface area contributed by atoms with Crippen molar-refractivity contribution >= 4 is 17.1 Å². The van der Waals surface area contributed by atoms with Gasteiger partial charge in [-0.05, 0) is 56.7 Å². The highest BCUT2D eigenvalue weighted by molar-refractivity contribution is 5.77. The molecule has 0 heterocycles. The molecule has 0 aromatic heterocycles. The third-order valence-electron chi connectivity index (χ3n) is 4.05. The predicted octanol–water partition coefficient (Wildman–Crippen LogP) is 6.36. The van der Waals surface area contributed by atoms with E-state index in [1.54, 1.807) is 11.8 Å². The molecule has 0 saturated heterocycles. The van der Waals surface area contributed by atoms with Crippen LogP contribution in [-0.4, -0.2) is 0 Å². The summed E-state index contributed by atoms with van der Waals surface area (Å²) < 4.78 is 28.7. The molecule has 122 valence electrons. The smallest absolute Gasteiger partial charge is 0.147 e. The minimum Gasteiger partial charge on any atom is -0.308 e. The largest absolute Gasteiger partial charge is 0.308 e. The molecular weight excluding hydrogens is 304 g/mol. The first kappa shape index (κ1) is 16.2. The highest BCUT2D eigenvalue weighted by atomic mass is 19.1. The van der Waals surface area contributed by atoms with Gasteiger partial charge in [-0.15, -0.1) is 0 Å². The summed E-state index contributed by atoms with van der Waals surface area (Å²) in [5.74, 6) is -0.870. The van der Waals surface area contributed by atoms with Crippen LogP contribution in [0.3, 0.4) is 0 Å². The van der Waals surface area contributed by atoms with Gasteiger partial charge in [0.05, 0.1) is 5.69 Å². The molecule has 0 spiro atoms. The van der Waals surface area contributed by atoms with Crippen LogP contribution in [0.5, 0.6) is 0 Å². The molecular formula is C21H19F2N. The third-order valence-corrected chi connectivity index (χ3v) is 4.05. The van der Waals surface area contributed by atoms with E-state index in [1.807, 2.05) is 62.4 Å². The van der Waals surface area contributed by atoms with E-state index in [2.05, 4.69) is 0 Å². The number of aryl methyl sites for hydroxylation is 3. The van der Waals surface area contributed by atoms with E-state index >= 15 is 0 Å². The van der Waals surface area contributed by atoms with Crippen molar-refractivity contribution in [2.45, 2.75) is 20.8 Å². The van der Waals surface area contributed by atoms with E-state index < -0.39 is 11.6 Å². The van der Waals surface area contributed by atoms with Crippen LogP contribution in [0.1, 0.15) is 16.7 Å². The number of rotatable bonds is 3. The van der Waals surface area contributed by atoms with Gasteiger partial charge in [-0.25, -0.2) is 8.78 Å². The van der Waals surface area contributed by atoms with Gasteiger partial charge >= 0.3 is 0 Å². The normalized spacial score (nSPS) is 10.7. The summed E-state index contributed by atoms with van der Waals surface area (Å²) in [6.45, 7) is 5.54. The maximum atomic E-state index is 14.6.